The van der Waals surface area contributed by atoms with Gasteiger partial charge in [0.25, 0.3) is 0 Å². The number of aryl methyl sites for hydroxylation is 4. The number of anilines is 4. The molecule has 0 amide bonds. The summed E-state index contributed by atoms with van der Waals surface area (Å²) in [5.41, 5.74) is 29.0. The van der Waals surface area contributed by atoms with Crippen molar-refractivity contribution in [1.29, 1.82) is 0 Å². The summed E-state index contributed by atoms with van der Waals surface area (Å²) in [6, 6.07) is 53.3. The molecule has 0 N–H and O–H groups in total. The van der Waals surface area contributed by atoms with E-state index in [1.165, 1.54) is 78.9 Å². The van der Waals surface area contributed by atoms with E-state index >= 15 is 8.78 Å². The molecule has 0 spiro atoms. The van der Waals surface area contributed by atoms with Crippen molar-refractivity contribution < 1.29 is 8.78 Å². The van der Waals surface area contributed by atoms with Crippen LogP contribution in [0, 0.1) is 72.9 Å². The quantitative estimate of drug-likeness (QED) is 0.135. The van der Waals surface area contributed by atoms with Crippen LogP contribution in [0.25, 0.3) is 44.5 Å². The van der Waals surface area contributed by atoms with Crippen LogP contribution in [-0.2, 0) is 0 Å². The summed E-state index contributed by atoms with van der Waals surface area (Å²) in [5, 5.41) is 0. The highest BCUT2D eigenvalue weighted by Gasteiger charge is 2.41. The van der Waals surface area contributed by atoms with Crippen LogP contribution in [0.15, 0.2) is 240 Å². The average Bonchev–Trinajstić information content (AvgIpc) is 3.46. The van der Waals surface area contributed by atoms with E-state index in [-0.39, 0.29) is 23.6 Å². The van der Waals surface area contributed by atoms with Gasteiger partial charge in [-0.2, -0.15) is 0 Å². The Morgan fingerprint density at radius 2 is 0.908 bits per heavy atom. The standard InChI is InChI=1S/C72H60F2N2/c1-43-15-9-23-59(47(43)5)53-31-37-69(65(39-53)61-25-11-17-45(3)49(61)7)75(57-21-13-19-55(73)41-57)67-35-29-51-28-34-64-68(36-30-52-27-33-63(67)71(51)72(52)64)76(58-22-14-20-56(74)42-58)70-38-32-54(60-24-10-16-44(2)48(60)6)40-66(70)62-26-12-18-46(4)50(62)8/h9-42,67,72H,1-8H3. The SMILES string of the molecule is Cc1cccc(-c2ccc(N(C3=C4C=CC5=C6C(=CC=C(C=C3)C46)C(N(c3cccc(F)c3)c3ccc(-c4cccc(C)c4C)cc3-c3cccc(C)c3C)C=C5)c3cccc(F)c3)c(-c3cccc(C)c3C)c2)c1C. The lowest BCUT2D eigenvalue weighted by Gasteiger charge is -2.44. The molecule has 12 rings (SSSR count). The van der Waals surface area contributed by atoms with Crippen LogP contribution in [0.2, 0.25) is 0 Å². The van der Waals surface area contributed by atoms with Crippen molar-refractivity contribution in [2.24, 2.45) is 5.92 Å². The van der Waals surface area contributed by atoms with Gasteiger partial charge in [-0.3, -0.25) is 0 Å². The lowest BCUT2D eigenvalue weighted by molar-refractivity contribution is 0.627. The predicted molar refractivity (Wildman–Crippen MR) is 315 cm³/mol. The summed E-state index contributed by atoms with van der Waals surface area (Å²) < 4.78 is 31.6. The Morgan fingerprint density at radius 3 is 1.49 bits per heavy atom. The predicted octanol–water partition coefficient (Wildman–Crippen LogP) is 19.2. The van der Waals surface area contributed by atoms with E-state index in [1.807, 2.05) is 18.2 Å². The molecule has 4 heteroatoms. The van der Waals surface area contributed by atoms with Gasteiger partial charge in [-0.1, -0.05) is 140 Å². The maximum absolute atomic E-state index is 15.8. The Morgan fingerprint density at radius 1 is 0.408 bits per heavy atom. The van der Waals surface area contributed by atoms with Gasteiger partial charge in [0.1, 0.15) is 11.6 Å². The van der Waals surface area contributed by atoms with Gasteiger partial charge in [-0.05, 0) is 228 Å². The summed E-state index contributed by atoms with van der Waals surface area (Å²) in [6.07, 6.45) is 18.1. The van der Waals surface area contributed by atoms with Crippen LogP contribution in [0.5, 0.6) is 0 Å². The van der Waals surface area contributed by atoms with Crippen LogP contribution in [0.3, 0.4) is 0 Å². The molecule has 8 aromatic rings. The molecule has 0 bridgehead atoms. The van der Waals surface area contributed by atoms with Gasteiger partial charge in [0.2, 0.25) is 0 Å². The van der Waals surface area contributed by atoms with Crippen molar-refractivity contribution in [3.63, 3.8) is 0 Å². The fourth-order valence-corrected chi connectivity index (χ4v) is 12.1. The highest BCUT2D eigenvalue weighted by Crippen LogP contribution is 2.54. The van der Waals surface area contributed by atoms with E-state index in [9.17, 15) is 0 Å². The van der Waals surface area contributed by atoms with Crippen LogP contribution in [-0.4, -0.2) is 6.04 Å². The lowest BCUT2D eigenvalue weighted by atomic mass is 9.67. The second-order valence-electron chi connectivity index (χ2n) is 21.0. The van der Waals surface area contributed by atoms with Crippen molar-refractivity contribution >= 4 is 22.7 Å². The zero-order valence-corrected chi connectivity index (χ0v) is 44.4. The van der Waals surface area contributed by atoms with Crippen molar-refractivity contribution in [3.05, 3.63) is 296 Å². The molecule has 8 aromatic carbocycles. The van der Waals surface area contributed by atoms with Gasteiger partial charge in [0, 0.05) is 34.1 Å². The van der Waals surface area contributed by atoms with E-state index in [4.69, 9.17) is 0 Å². The smallest absolute Gasteiger partial charge is 0.125 e. The number of benzene rings is 8. The molecule has 0 radical (unpaired) electrons. The monoisotopic (exact) mass is 990 g/mol. The van der Waals surface area contributed by atoms with Crippen LogP contribution < -0.4 is 9.80 Å². The molecule has 0 saturated heterocycles. The van der Waals surface area contributed by atoms with Crippen molar-refractivity contribution in [3.8, 4) is 44.5 Å². The van der Waals surface area contributed by atoms with E-state index in [1.54, 1.807) is 18.2 Å². The largest absolute Gasteiger partial charge is 0.330 e. The first kappa shape index (κ1) is 48.3. The maximum atomic E-state index is 15.8. The Hall–Kier alpha value is -8.60. The first-order valence-corrected chi connectivity index (χ1v) is 26.4. The number of allylic oxidation sites excluding steroid dienone is 10. The van der Waals surface area contributed by atoms with Crippen molar-refractivity contribution in [2.75, 3.05) is 9.80 Å². The third kappa shape index (κ3) is 8.24. The summed E-state index contributed by atoms with van der Waals surface area (Å²) in [6.45, 7) is 17.5. The zero-order valence-electron chi connectivity index (χ0n) is 44.4. The minimum absolute atomic E-state index is 0.138. The number of rotatable bonds is 10. The number of nitrogens with zero attached hydrogens (tertiary/aromatic N) is 2. The second kappa shape index (κ2) is 19.3. The Kier molecular flexibility index (Phi) is 12.3. The molecule has 4 aliphatic rings. The van der Waals surface area contributed by atoms with Crippen molar-refractivity contribution in [1.82, 2.24) is 0 Å². The minimum atomic E-state index is -0.316. The minimum Gasteiger partial charge on any atom is -0.330 e. The summed E-state index contributed by atoms with van der Waals surface area (Å²) >= 11 is 0. The zero-order chi connectivity index (χ0) is 52.5. The third-order valence-corrected chi connectivity index (χ3v) is 16.7. The molecule has 0 aromatic heterocycles. The molecule has 4 aliphatic carbocycles. The molecule has 0 fully saturated rings. The van der Waals surface area contributed by atoms with E-state index in [0.29, 0.717) is 0 Å². The van der Waals surface area contributed by atoms with Gasteiger partial charge in [-0.25, -0.2) is 8.78 Å². The molecule has 76 heavy (non-hydrogen) atoms. The maximum Gasteiger partial charge on any atom is 0.125 e. The number of hydrogen-bond acceptors (Lipinski definition) is 2. The van der Waals surface area contributed by atoms with Gasteiger partial charge < -0.3 is 9.80 Å². The van der Waals surface area contributed by atoms with E-state index in [0.717, 1.165) is 78.5 Å². The van der Waals surface area contributed by atoms with Crippen LogP contribution in [0.1, 0.15) is 44.5 Å². The van der Waals surface area contributed by atoms with Gasteiger partial charge in [0.05, 0.1) is 17.4 Å². The van der Waals surface area contributed by atoms with Crippen LogP contribution in [0.4, 0.5) is 31.5 Å². The number of hydrogen-bond donors (Lipinski definition) is 0. The molecule has 0 saturated carbocycles. The summed E-state index contributed by atoms with van der Waals surface area (Å²) in [7, 11) is 0. The molecular formula is C72H60F2N2. The first-order chi connectivity index (χ1) is 36.8. The molecule has 2 atom stereocenters. The third-order valence-electron chi connectivity index (χ3n) is 16.7. The molecule has 0 aliphatic heterocycles. The van der Waals surface area contributed by atoms with Gasteiger partial charge >= 0.3 is 0 Å². The summed E-state index contributed by atoms with van der Waals surface area (Å²) in [5.74, 6) is -0.739. The fourth-order valence-electron chi connectivity index (χ4n) is 12.1. The molecular weight excluding hydrogens is 931 g/mol. The summed E-state index contributed by atoms with van der Waals surface area (Å²) in [4.78, 5) is 4.61. The van der Waals surface area contributed by atoms with Gasteiger partial charge in [-0.15, -0.1) is 0 Å². The topological polar surface area (TPSA) is 6.48 Å². The average molecular weight is 991 g/mol. The fraction of sp³-hybridized carbons (Fsp3) is 0.139. The molecule has 0 heterocycles. The van der Waals surface area contributed by atoms with Crippen molar-refractivity contribution in [2.45, 2.75) is 61.4 Å². The lowest BCUT2D eigenvalue weighted by Crippen LogP contribution is -2.37. The van der Waals surface area contributed by atoms with Gasteiger partial charge in [0.15, 0.2) is 0 Å². The van der Waals surface area contributed by atoms with E-state index in [2.05, 4.69) is 223 Å². The normalized spacial score (nSPS) is 16.2. The number of halogens is 2. The second-order valence-corrected chi connectivity index (χ2v) is 21.0. The molecule has 2 nitrogen and oxygen atoms in total. The molecule has 2 unspecified atom stereocenters. The Bertz CT molecular complexity index is 3960. The van der Waals surface area contributed by atoms with E-state index < -0.39 is 0 Å². The van der Waals surface area contributed by atoms with Crippen LogP contribution >= 0.6 is 0 Å². The Balaban J connectivity index is 1.04. The highest BCUT2D eigenvalue weighted by atomic mass is 19.1. The first-order valence-electron chi connectivity index (χ1n) is 26.4. The highest BCUT2D eigenvalue weighted by molar-refractivity contribution is 5.93. The molecule has 372 valence electrons. The Labute approximate surface area is 447 Å².